The second-order valence-corrected chi connectivity index (χ2v) is 7.90. The number of rotatable bonds is 6. The van der Waals surface area contributed by atoms with Gasteiger partial charge in [0.2, 0.25) is 0 Å². The van der Waals surface area contributed by atoms with Crippen molar-refractivity contribution in [3.05, 3.63) is 57.9 Å². The van der Waals surface area contributed by atoms with E-state index >= 15 is 0 Å². The van der Waals surface area contributed by atoms with Crippen LogP contribution in [0.5, 0.6) is 0 Å². The Balaban J connectivity index is 1.41. The van der Waals surface area contributed by atoms with Crippen LogP contribution >= 0.6 is 11.3 Å². The molecular formula is C20H19N5O4S. The molecule has 0 unspecified atom stereocenters. The molecule has 0 saturated carbocycles. The molecule has 0 bridgehead atoms. The van der Waals surface area contributed by atoms with Crippen molar-refractivity contribution in [3.63, 3.8) is 0 Å². The maximum absolute atomic E-state index is 12.4. The van der Waals surface area contributed by atoms with Gasteiger partial charge < -0.3 is 15.8 Å². The van der Waals surface area contributed by atoms with Gasteiger partial charge in [0.1, 0.15) is 10.6 Å². The number of nitrogens with one attached hydrogen (secondary N) is 1. The lowest BCUT2D eigenvalue weighted by atomic mass is 10.1. The smallest absolute Gasteiger partial charge is 0.342 e. The summed E-state index contributed by atoms with van der Waals surface area (Å²) in [5.74, 6) is -1.22. The molecule has 0 atom stereocenters. The summed E-state index contributed by atoms with van der Waals surface area (Å²) in [6, 6.07) is 5.35. The Morgan fingerprint density at radius 1 is 1.30 bits per heavy atom. The number of thiophene rings is 1. The predicted molar refractivity (Wildman–Crippen MR) is 110 cm³/mol. The van der Waals surface area contributed by atoms with Crippen LogP contribution in [0.1, 0.15) is 43.3 Å². The van der Waals surface area contributed by atoms with Crippen LogP contribution in [0.4, 0.5) is 5.00 Å². The topological polar surface area (TPSA) is 129 Å². The van der Waals surface area contributed by atoms with Gasteiger partial charge in [0, 0.05) is 11.1 Å². The first-order valence-electron chi connectivity index (χ1n) is 9.33. The van der Waals surface area contributed by atoms with Gasteiger partial charge in [-0.05, 0) is 43.9 Å². The van der Waals surface area contributed by atoms with Crippen LogP contribution in [0.15, 0.2) is 30.6 Å². The van der Waals surface area contributed by atoms with E-state index in [-0.39, 0.29) is 5.56 Å². The molecular weight excluding hydrogens is 406 g/mol. The van der Waals surface area contributed by atoms with Crippen LogP contribution in [0.25, 0.3) is 5.82 Å². The van der Waals surface area contributed by atoms with Gasteiger partial charge in [-0.25, -0.2) is 14.5 Å². The minimum absolute atomic E-state index is 0.237. The van der Waals surface area contributed by atoms with Crippen molar-refractivity contribution in [1.29, 1.82) is 0 Å². The molecule has 3 heterocycles. The molecule has 0 radical (unpaired) electrons. The molecule has 0 aromatic carbocycles. The number of nitrogens with two attached hydrogens (primary N) is 1. The van der Waals surface area contributed by atoms with Crippen molar-refractivity contribution in [1.82, 2.24) is 14.8 Å². The molecule has 30 heavy (non-hydrogen) atoms. The Morgan fingerprint density at radius 3 is 2.87 bits per heavy atom. The maximum atomic E-state index is 12.4. The van der Waals surface area contributed by atoms with Gasteiger partial charge >= 0.3 is 5.97 Å². The molecule has 0 spiro atoms. The van der Waals surface area contributed by atoms with Gasteiger partial charge in [0.25, 0.3) is 11.8 Å². The number of hydrogen-bond acceptors (Lipinski definition) is 7. The molecule has 0 fully saturated rings. The number of esters is 1. The monoisotopic (exact) mass is 425 g/mol. The van der Waals surface area contributed by atoms with Gasteiger partial charge in [-0.2, -0.15) is 5.10 Å². The highest BCUT2D eigenvalue weighted by molar-refractivity contribution is 7.17. The maximum Gasteiger partial charge on any atom is 0.342 e. The third-order valence-corrected chi connectivity index (χ3v) is 6.06. The first kappa shape index (κ1) is 19.8. The summed E-state index contributed by atoms with van der Waals surface area (Å²) < 4.78 is 6.65. The second kappa shape index (κ2) is 8.07. The number of pyridine rings is 1. The van der Waals surface area contributed by atoms with Gasteiger partial charge in [-0.1, -0.05) is 6.07 Å². The zero-order chi connectivity index (χ0) is 21.3. The van der Waals surface area contributed by atoms with E-state index < -0.39 is 24.4 Å². The molecule has 1 aliphatic rings. The van der Waals surface area contributed by atoms with Crippen molar-refractivity contribution in [2.24, 2.45) is 5.73 Å². The number of primary amides is 1. The molecule has 154 valence electrons. The Morgan fingerprint density at radius 2 is 2.13 bits per heavy atom. The van der Waals surface area contributed by atoms with Gasteiger partial charge in [0.05, 0.1) is 17.5 Å². The van der Waals surface area contributed by atoms with Crippen LogP contribution in [0.3, 0.4) is 0 Å². The summed E-state index contributed by atoms with van der Waals surface area (Å²) in [6.07, 6.45) is 5.61. The fraction of sp³-hybridized carbons (Fsp3) is 0.250. The van der Waals surface area contributed by atoms with Crippen LogP contribution in [-0.4, -0.2) is 39.2 Å². The molecule has 3 aromatic rings. The van der Waals surface area contributed by atoms with Crippen LogP contribution in [-0.2, 0) is 22.4 Å². The Hall–Kier alpha value is -3.53. The minimum atomic E-state index is -0.673. The molecule has 9 nitrogen and oxygen atoms in total. The standard InChI is InChI=1S/C20H19N5O4S/c1-11-13(9-23-25(11)15-7-2-3-8-22-15)20(28)29-10-16(26)24-19-17(18(21)27)12-5-4-6-14(12)30-19/h2-3,7-9H,4-6,10H2,1H3,(H2,21,27)(H,24,26). The Labute approximate surface area is 175 Å². The Bertz CT molecular complexity index is 1140. The van der Waals surface area contributed by atoms with E-state index in [1.807, 2.05) is 6.07 Å². The van der Waals surface area contributed by atoms with E-state index in [2.05, 4.69) is 15.4 Å². The molecule has 3 aromatic heterocycles. The first-order chi connectivity index (χ1) is 14.5. The number of amides is 2. The summed E-state index contributed by atoms with van der Waals surface area (Å²) in [5, 5.41) is 7.22. The normalized spacial score (nSPS) is 12.4. The predicted octanol–water partition coefficient (Wildman–Crippen LogP) is 2.02. The van der Waals surface area contributed by atoms with Gasteiger partial charge in [-0.3, -0.25) is 9.59 Å². The fourth-order valence-corrected chi connectivity index (χ4v) is 4.76. The van der Waals surface area contributed by atoms with Crippen LogP contribution < -0.4 is 11.1 Å². The van der Waals surface area contributed by atoms with Crippen molar-refractivity contribution in [2.45, 2.75) is 26.2 Å². The van der Waals surface area contributed by atoms with E-state index in [0.717, 1.165) is 29.7 Å². The average molecular weight is 425 g/mol. The van der Waals surface area contributed by atoms with Crippen molar-refractivity contribution >= 4 is 34.1 Å². The molecule has 0 aliphatic heterocycles. The Kier molecular flexibility index (Phi) is 5.32. The number of nitrogens with zero attached hydrogens (tertiary/aromatic N) is 3. The average Bonchev–Trinajstić information content (AvgIpc) is 3.41. The third-order valence-electron chi connectivity index (χ3n) is 4.85. The number of fused-ring (bicyclic) bond motifs is 1. The van der Waals surface area contributed by atoms with E-state index in [0.29, 0.717) is 22.1 Å². The highest BCUT2D eigenvalue weighted by Gasteiger charge is 2.26. The number of anilines is 1. The van der Waals surface area contributed by atoms with E-state index in [4.69, 9.17) is 10.5 Å². The highest BCUT2D eigenvalue weighted by Crippen LogP contribution is 2.38. The number of aryl methyl sites for hydroxylation is 1. The summed E-state index contributed by atoms with van der Waals surface area (Å²) >= 11 is 1.35. The van der Waals surface area contributed by atoms with Crippen LogP contribution in [0.2, 0.25) is 0 Å². The third kappa shape index (κ3) is 3.69. The van der Waals surface area contributed by atoms with Crippen molar-refractivity contribution in [3.8, 4) is 5.82 Å². The zero-order valence-corrected chi connectivity index (χ0v) is 17.0. The summed E-state index contributed by atoms with van der Waals surface area (Å²) in [4.78, 5) is 41.8. The van der Waals surface area contributed by atoms with Gasteiger partial charge in [0.15, 0.2) is 12.4 Å². The van der Waals surface area contributed by atoms with Crippen molar-refractivity contribution in [2.75, 3.05) is 11.9 Å². The lowest BCUT2D eigenvalue weighted by Crippen LogP contribution is -2.23. The molecule has 3 N–H and O–H groups in total. The summed E-state index contributed by atoms with van der Waals surface area (Å²) in [7, 11) is 0. The molecule has 0 saturated heterocycles. The van der Waals surface area contributed by atoms with Crippen LogP contribution in [0, 0.1) is 6.92 Å². The number of hydrogen-bond donors (Lipinski definition) is 2. The molecule has 4 rings (SSSR count). The lowest BCUT2D eigenvalue weighted by molar-refractivity contribution is -0.119. The number of carbonyl (C=O) groups excluding carboxylic acids is 3. The summed E-state index contributed by atoms with van der Waals surface area (Å²) in [6.45, 7) is 1.22. The molecule has 1 aliphatic carbocycles. The first-order valence-corrected chi connectivity index (χ1v) is 10.1. The van der Waals surface area contributed by atoms with Gasteiger partial charge in [-0.15, -0.1) is 11.3 Å². The lowest BCUT2D eigenvalue weighted by Gasteiger charge is -2.07. The fourth-order valence-electron chi connectivity index (χ4n) is 3.44. The molecule has 2 amide bonds. The number of aromatic nitrogens is 3. The second-order valence-electron chi connectivity index (χ2n) is 6.79. The number of ether oxygens (including phenoxy) is 1. The molecule has 10 heteroatoms. The van der Waals surface area contributed by atoms with Crippen molar-refractivity contribution < 1.29 is 19.1 Å². The minimum Gasteiger partial charge on any atom is -0.452 e. The quantitative estimate of drug-likeness (QED) is 0.581. The highest BCUT2D eigenvalue weighted by atomic mass is 32.1. The summed E-state index contributed by atoms with van der Waals surface area (Å²) in [5.41, 5.74) is 7.55. The zero-order valence-electron chi connectivity index (χ0n) is 16.2. The number of carbonyl (C=O) groups is 3. The van der Waals surface area contributed by atoms with E-state index in [1.165, 1.54) is 22.2 Å². The van der Waals surface area contributed by atoms with E-state index in [1.54, 1.807) is 25.3 Å². The SMILES string of the molecule is Cc1c(C(=O)OCC(=O)Nc2sc3c(c2C(N)=O)CCC3)cnn1-c1ccccn1. The van der Waals surface area contributed by atoms with E-state index in [9.17, 15) is 14.4 Å². The largest absolute Gasteiger partial charge is 0.452 e.